The largest absolute Gasteiger partial charge is 0.469 e. The second-order valence-corrected chi connectivity index (χ2v) is 5.20. The molecule has 0 aromatic heterocycles. The fraction of sp³-hybridized carbons (Fsp3) is 0.900. The van der Waals surface area contributed by atoms with Crippen LogP contribution in [0.15, 0.2) is 0 Å². The maximum absolute atomic E-state index is 11.0. The van der Waals surface area contributed by atoms with E-state index in [1.54, 1.807) is 18.9 Å². The summed E-state index contributed by atoms with van der Waals surface area (Å²) >= 11 is 1.80. The van der Waals surface area contributed by atoms with Crippen molar-refractivity contribution in [2.75, 3.05) is 20.8 Å². The molecule has 0 heterocycles. The Hall–Kier alpha value is -0.220. The van der Waals surface area contributed by atoms with Gasteiger partial charge in [0.15, 0.2) is 0 Å². The Labute approximate surface area is 90.5 Å². The van der Waals surface area contributed by atoms with Gasteiger partial charge in [-0.3, -0.25) is 4.79 Å². The molecule has 0 aliphatic rings. The number of hydrogen-bond donors (Lipinski definition) is 0. The van der Waals surface area contributed by atoms with Crippen molar-refractivity contribution in [2.45, 2.75) is 37.2 Å². The van der Waals surface area contributed by atoms with Gasteiger partial charge in [0.05, 0.1) is 13.5 Å². The van der Waals surface area contributed by atoms with Crippen molar-refractivity contribution in [3.8, 4) is 0 Å². The maximum Gasteiger partial charge on any atom is 0.306 e. The second-order valence-electron chi connectivity index (χ2n) is 3.32. The summed E-state index contributed by atoms with van der Waals surface area (Å²) in [6.45, 7) is 4.97. The summed E-state index contributed by atoms with van der Waals surface area (Å²) in [7, 11) is 3.13. The average Bonchev–Trinajstić information content (AvgIpc) is 2.14. The number of carbonyl (C=O) groups excluding carboxylic acids is 1. The number of thioether (sulfide) groups is 1. The van der Waals surface area contributed by atoms with E-state index in [9.17, 15) is 4.79 Å². The van der Waals surface area contributed by atoms with Crippen LogP contribution >= 0.6 is 11.8 Å². The van der Waals surface area contributed by atoms with Gasteiger partial charge in [0.25, 0.3) is 0 Å². The van der Waals surface area contributed by atoms with Crippen molar-refractivity contribution in [3.05, 3.63) is 0 Å². The first kappa shape index (κ1) is 13.8. The maximum atomic E-state index is 11.0. The molecule has 0 aliphatic carbocycles. The third-order valence-electron chi connectivity index (χ3n) is 1.87. The van der Waals surface area contributed by atoms with Crippen molar-refractivity contribution in [1.82, 2.24) is 0 Å². The summed E-state index contributed by atoms with van der Waals surface area (Å²) in [6, 6.07) is 0. The van der Waals surface area contributed by atoms with Gasteiger partial charge in [-0.1, -0.05) is 13.8 Å². The van der Waals surface area contributed by atoms with Crippen LogP contribution in [0.5, 0.6) is 0 Å². The van der Waals surface area contributed by atoms with Crippen LogP contribution in [0.2, 0.25) is 0 Å². The zero-order valence-electron chi connectivity index (χ0n) is 9.41. The minimum absolute atomic E-state index is 0.135. The lowest BCUT2D eigenvalue weighted by atomic mass is 10.3. The number of hydrogen-bond acceptors (Lipinski definition) is 4. The molecular weight excluding hydrogens is 200 g/mol. The Morgan fingerprint density at radius 1 is 1.29 bits per heavy atom. The van der Waals surface area contributed by atoms with E-state index < -0.39 is 0 Å². The van der Waals surface area contributed by atoms with Crippen molar-refractivity contribution in [3.63, 3.8) is 0 Å². The molecule has 0 aromatic rings. The van der Waals surface area contributed by atoms with Gasteiger partial charge in [-0.2, -0.15) is 11.8 Å². The Morgan fingerprint density at radius 2 is 1.93 bits per heavy atom. The Balaban J connectivity index is 3.59. The third kappa shape index (κ3) is 7.21. The standard InChI is InChI=1S/C10H20O3S/c1-8(5-6-12-3)14-9(2)7-10(11)13-4/h8-9H,5-7H2,1-4H3. The minimum atomic E-state index is -0.135. The van der Waals surface area contributed by atoms with Crippen LogP contribution in [-0.2, 0) is 14.3 Å². The zero-order valence-corrected chi connectivity index (χ0v) is 10.2. The van der Waals surface area contributed by atoms with Crippen LogP contribution in [0.1, 0.15) is 26.7 Å². The molecule has 84 valence electrons. The fourth-order valence-electron chi connectivity index (χ4n) is 1.11. The van der Waals surface area contributed by atoms with Crippen LogP contribution in [0, 0.1) is 0 Å². The Kier molecular flexibility index (Phi) is 7.99. The van der Waals surface area contributed by atoms with Crippen LogP contribution in [0.25, 0.3) is 0 Å². The predicted molar refractivity (Wildman–Crippen MR) is 59.6 cm³/mol. The highest BCUT2D eigenvalue weighted by Gasteiger charge is 2.13. The minimum Gasteiger partial charge on any atom is -0.469 e. The number of esters is 1. The first-order valence-corrected chi connectivity index (χ1v) is 5.75. The molecule has 0 aromatic carbocycles. The monoisotopic (exact) mass is 220 g/mol. The van der Waals surface area contributed by atoms with E-state index in [0.29, 0.717) is 16.9 Å². The van der Waals surface area contributed by atoms with Gasteiger partial charge in [-0.15, -0.1) is 0 Å². The molecule has 0 radical (unpaired) electrons. The fourth-order valence-corrected chi connectivity index (χ4v) is 2.37. The highest BCUT2D eigenvalue weighted by Crippen LogP contribution is 2.22. The second kappa shape index (κ2) is 8.12. The summed E-state index contributed by atoms with van der Waals surface area (Å²) in [4.78, 5) is 11.0. The number of ether oxygens (including phenoxy) is 2. The van der Waals surface area contributed by atoms with Crippen LogP contribution < -0.4 is 0 Å². The highest BCUT2D eigenvalue weighted by molar-refractivity contribution is 8.00. The zero-order chi connectivity index (χ0) is 11.0. The molecule has 0 aliphatic heterocycles. The van der Waals surface area contributed by atoms with Crippen molar-refractivity contribution in [2.24, 2.45) is 0 Å². The van der Waals surface area contributed by atoms with E-state index in [2.05, 4.69) is 11.7 Å². The average molecular weight is 220 g/mol. The van der Waals surface area contributed by atoms with Gasteiger partial charge in [-0.05, 0) is 6.42 Å². The number of methoxy groups -OCH3 is 2. The highest BCUT2D eigenvalue weighted by atomic mass is 32.2. The van der Waals surface area contributed by atoms with Crippen molar-refractivity contribution < 1.29 is 14.3 Å². The van der Waals surface area contributed by atoms with Gasteiger partial charge >= 0.3 is 5.97 Å². The Morgan fingerprint density at radius 3 is 2.43 bits per heavy atom. The molecule has 2 unspecified atom stereocenters. The van der Waals surface area contributed by atoms with E-state index >= 15 is 0 Å². The molecule has 0 amide bonds. The lowest BCUT2D eigenvalue weighted by Crippen LogP contribution is -2.12. The molecule has 0 spiro atoms. The summed E-state index contributed by atoms with van der Waals surface area (Å²) in [5, 5.41) is 0.837. The molecule has 2 atom stereocenters. The van der Waals surface area contributed by atoms with Gasteiger partial charge in [0.1, 0.15) is 0 Å². The van der Waals surface area contributed by atoms with Crippen LogP contribution in [0.4, 0.5) is 0 Å². The van der Waals surface area contributed by atoms with Crippen LogP contribution in [0.3, 0.4) is 0 Å². The van der Waals surface area contributed by atoms with Gasteiger partial charge in [-0.25, -0.2) is 0 Å². The smallest absolute Gasteiger partial charge is 0.306 e. The van der Waals surface area contributed by atoms with E-state index in [1.165, 1.54) is 7.11 Å². The first-order chi connectivity index (χ1) is 6.60. The molecule has 14 heavy (non-hydrogen) atoms. The van der Waals surface area contributed by atoms with E-state index in [1.807, 2.05) is 6.92 Å². The van der Waals surface area contributed by atoms with Crippen molar-refractivity contribution >= 4 is 17.7 Å². The lowest BCUT2D eigenvalue weighted by Gasteiger charge is -2.15. The third-order valence-corrected chi connectivity index (χ3v) is 3.21. The molecule has 0 fully saturated rings. The van der Waals surface area contributed by atoms with Gasteiger partial charge in [0, 0.05) is 24.2 Å². The predicted octanol–water partition coefficient (Wildman–Crippen LogP) is 2.10. The molecule has 0 N–H and O–H groups in total. The molecule has 0 bridgehead atoms. The van der Waals surface area contributed by atoms with Gasteiger partial charge in [0.2, 0.25) is 0 Å². The molecule has 3 nitrogen and oxygen atoms in total. The van der Waals surface area contributed by atoms with Crippen molar-refractivity contribution in [1.29, 1.82) is 0 Å². The lowest BCUT2D eigenvalue weighted by molar-refractivity contribution is -0.140. The molecule has 0 saturated heterocycles. The quantitative estimate of drug-likeness (QED) is 0.615. The number of carbonyl (C=O) groups is 1. The summed E-state index contributed by atoms with van der Waals surface area (Å²) in [5.74, 6) is -0.135. The topological polar surface area (TPSA) is 35.5 Å². The van der Waals surface area contributed by atoms with Crippen LogP contribution in [-0.4, -0.2) is 37.3 Å². The SMILES string of the molecule is COCCC(C)SC(C)CC(=O)OC. The molecule has 0 rings (SSSR count). The molecule has 0 saturated carbocycles. The summed E-state index contributed by atoms with van der Waals surface area (Å²) < 4.78 is 9.60. The number of rotatable bonds is 7. The normalized spacial score (nSPS) is 14.9. The first-order valence-electron chi connectivity index (χ1n) is 4.81. The summed E-state index contributed by atoms with van der Waals surface area (Å²) in [6.07, 6.45) is 1.51. The van der Waals surface area contributed by atoms with E-state index in [4.69, 9.17) is 4.74 Å². The molecular formula is C10H20O3S. The van der Waals surface area contributed by atoms with Gasteiger partial charge < -0.3 is 9.47 Å². The molecule has 4 heteroatoms. The Bertz CT molecular complexity index is 161. The van der Waals surface area contributed by atoms with E-state index in [0.717, 1.165) is 13.0 Å². The summed E-state index contributed by atoms with van der Waals surface area (Å²) in [5.41, 5.74) is 0. The van der Waals surface area contributed by atoms with E-state index in [-0.39, 0.29) is 5.97 Å².